The smallest absolute Gasteiger partial charge is 0.322 e. The van der Waals surface area contributed by atoms with E-state index in [1.54, 1.807) is 11.9 Å². The standard InChI is InChI=1S/C7H11NO2/c1-8-5(4-2-3-4)6(8)7(9)10/h4-6H,2-3H2,1H3,(H,9,10)/t5-,6-,8?/m1/s1/i5D. The average Bonchev–Trinajstić information content (AvgIpc) is 2.70. The quantitative estimate of drug-likeness (QED) is 0.558. The van der Waals surface area contributed by atoms with Gasteiger partial charge in [-0.3, -0.25) is 9.69 Å². The van der Waals surface area contributed by atoms with Crippen LogP contribution in [0.2, 0.25) is 0 Å². The lowest BCUT2D eigenvalue weighted by Crippen LogP contribution is -2.09. The van der Waals surface area contributed by atoms with Crippen LogP contribution in [0.1, 0.15) is 14.2 Å². The molecule has 0 spiro atoms. The summed E-state index contributed by atoms with van der Waals surface area (Å²) in [5, 5.41) is 8.67. The number of carboxylic acids is 1. The van der Waals surface area contributed by atoms with Crippen LogP contribution in [0, 0.1) is 5.92 Å². The van der Waals surface area contributed by atoms with Gasteiger partial charge in [0.05, 0.1) is 0 Å². The van der Waals surface area contributed by atoms with E-state index in [0.29, 0.717) is 5.92 Å². The first-order valence-corrected chi connectivity index (χ1v) is 3.54. The molecule has 2 rings (SSSR count). The summed E-state index contributed by atoms with van der Waals surface area (Å²) in [6, 6.07) is -1.30. The highest BCUT2D eigenvalue weighted by Gasteiger charge is 2.56. The molecule has 0 aromatic carbocycles. The molecule has 2 fully saturated rings. The SMILES string of the molecule is [2H][C@@]1(C2CC2)[C@H](C(=O)O)N1C. The van der Waals surface area contributed by atoms with Gasteiger partial charge in [0.25, 0.3) is 0 Å². The maximum absolute atomic E-state index is 10.6. The lowest BCUT2D eigenvalue weighted by atomic mass is 10.2. The molecule has 0 aromatic heterocycles. The summed E-state index contributed by atoms with van der Waals surface area (Å²) < 4.78 is 7.80. The topological polar surface area (TPSA) is 40.3 Å². The van der Waals surface area contributed by atoms with Crippen molar-refractivity contribution in [3.05, 3.63) is 0 Å². The van der Waals surface area contributed by atoms with Crippen molar-refractivity contribution >= 4 is 5.97 Å². The molecule has 1 aliphatic carbocycles. The zero-order valence-corrected chi connectivity index (χ0v) is 5.87. The molecule has 3 nitrogen and oxygen atoms in total. The largest absolute Gasteiger partial charge is 0.480 e. The molecule has 2 aliphatic rings. The van der Waals surface area contributed by atoms with E-state index in [1.165, 1.54) is 0 Å². The third-order valence-electron chi connectivity index (χ3n) is 2.24. The predicted molar refractivity (Wildman–Crippen MR) is 35.7 cm³/mol. The fourth-order valence-electron chi connectivity index (χ4n) is 1.49. The van der Waals surface area contributed by atoms with Gasteiger partial charge in [-0.1, -0.05) is 0 Å². The Bertz CT molecular complexity index is 216. The van der Waals surface area contributed by atoms with E-state index in [2.05, 4.69) is 0 Å². The molecule has 1 saturated carbocycles. The molecule has 1 unspecified atom stereocenters. The van der Waals surface area contributed by atoms with E-state index in [9.17, 15) is 4.79 Å². The van der Waals surface area contributed by atoms with Crippen LogP contribution in [0.15, 0.2) is 0 Å². The van der Waals surface area contributed by atoms with Gasteiger partial charge in [-0.2, -0.15) is 0 Å². The van der Waals surface area contributed by atoms with Crippen molar-refractivity contribution in [2.75, 3.05) is 7.05 Å². The van der Waals surface area contributed by atoms with Crippen LogP contribution in [-0.2, 0) is 4.79 Å². The number of carbonyl (C=O) groups is 1. The Morgan fingerprint density at radius 2 is 2.40 bits per heavy atom. The first-order valence-electron chi connectivity index (χ1n) is 4.04. The number of hydrogen-bond donors (Lipinski definition) is 1. The maximum atomic E-state index is 10.6. The monoisotopic (exact) mass is 142 g/mol. The fourth-order valence-corrected chi connectivity index (χ4v) is 1.49. The van der Waals surface area contributed by atoms with E-state index in [0.717, 1.165) is 12.8 Å². The molecular weight excluding hydrogens is 130 g/mol. The number of nitrogens with zero attached hydrogens (tertiary/aromatic N) is 1. The van der Waals surface area contributed by atoms with E-state index >= 15 is 0 Å². The number of aliphatic carboxylic acids is 1. The van der Waals surface area contributed by atoms with Crippen LogP contribution in [0.3, 0.4) is 0 Å². The summed E-state index contributed by atoms with van der Waals surface area (Å²) in [7, 11) is 1.71. The van der Waals surface area contributed by atoms with Gasteiger partial charge in [-0.05, 0) is 25.8 Å². The second-order valence-corrected chi connectivity index (χ2v) is 3.05. The lowest BCUT2D eigenvalue weighted by Gasteiger charge is -1.85. The minimum absolute atomic E-state index is 0.314. The minimum Gasteiger partial charge on any atom is -0.480 e. The van der Waals surface area contributed by atoms with Crippen molar-refractivity contribution in [2.24, 2.45) is 5.92 Å². The Kier molecular flexibility index (Phi) is 0.884. The maximum Gasteiger partial charge on any atom is 0.322 e. The Balaban J connectivity index is 2.12. The fraction of sp³-hybridized carbons (Fsp3) is 0.857. The second kappa shape index (κ2) is 1.72. The van der Waals surface area contributed by atoms with Crippen molar-refractivity contribution in [2.45, 2.75) is 24.9 Å². The number of hydrogen-bond acceptors (Lipinski definition) is 2. The van der Waals surface area contributed by atoms with Crippen LogP contribution in [0.25, 0.3) is 0 Å². The van der Waals surface area contributed by atoms with Gasteiger partial charge >= 0.3 is 5.97 Å². The predicted octanol–water partition coefficient (Wildman–Crippen LogP) is 0.164. The number of likely N-dealkylation sites (N-methyl/N-ethyl adjacent to an activating group) is 1. The zero-order valence-electron chi connectivity index (χ0n) is 6.87. The number of rotatable bonds is 2. The Labute approximate surface area is 61.0 Å². The van der Waals surface area contributed by atoms with E-state index < -0.39 is 18.0 Å². The molecule has 0 radical (unpaired) electrons. The van der Waals surface area contributed by atoms with Crippen LogP contribution in [0.4, 0.5) is 0 Å². The minimum atomic E-state index is -0.852. The van der Waals surface area contributed by atoms with Gasteiger partial charge in [0.15, 0.2) is 0 Å². The molecule has 3 heteroatoms. The molecule has 3 atom stereocenters. The summed E-state index contributed by atoms with van der Waals surface area (Å²) in [5.41, 5.74) is 0. The average molecular weight is 142 g/mol. The number of carboxylic acid groups (broad SMARTS) is 1. The lowest BCUT2D eigenvalue weighted by molar-refractivity contribution is -0.137. The van der Waals surface area contributed by atoms with Crippen molar-refractivity contribution < 1.29 is 11.3 Å². The van der Waals surface area contributed by atoms with Crippen LogP contribution in [-0.4, -0.2) is 35.1 Å². The van der Waals surface area contributed by atoms with E-state index in [1.807, 2.05) is 0 Å². The van der Waals surface area contributed by atoms with Crippen molar-refractivity contribution in [1.82, 2.24) is 4.90 Å². The molecule has 10 heavy (non-hydrogen) atoms. The third-order valence-corrected chi connectivity index (χ3v) is 2.24. The highest BCUT2D eigenvalue weighted by atomic mass is 16.4. The summed E-state index contributed by atoms with van der Waals surface area (Å²) in [5.74, 6) is -0.539. The molecule has 1 aliphatic heterocycles. The zero-order chi connectivity index (χ0) is 8.22. The van der Waals surface area contributed by atoms with Gasteiger partial charge in [0.2, 0.25) is 0 Å². The van der Waals surface area contributed by atoms with Crippen LogP contribution in [0.5, 0.6) is 0 Å². The summed E-state index contributed by atoms with van der Waals surface area (Å²) in [6.07, 6.45) is 2.05. The normalized spacial score (nSPS) is 53.9. The van der Waals surface area contributed by atoms with E-state index in [4.69, 9.17) is 6.48 Å². The molecule has 0 aromatic rings. The highest BCUT2D eigenvalue weighted by Crippen LogP contribution is 2.45. The second-order valence-electron chi connectivity index (χ2n) is 3.05. The van der Waals surface area contributed by atoms with E-state index in [-0.39, 0.29) is 0 Å². The Morgan fingerprint density at radius 1 is 1.80 bits per heavy atom. The van der Waals surface area contributed by atoms with Gasteiger partial charge in [-0.15, -0.1) is 0 Å². The molecule has 1 N–H and O–H groups in total. The Morgan fingerprint density at radius 3 is 2.70 bits per heavy atom. The molecule has 56 valence electrons. The molecular formula is C7H11NO2. The molecule has 0 bridgehead atoms. The Hall–Kier alpha value is -0.570. The first kappa shape index (κ1) is 5.13. The van der Waals surface area contributed by atoms with Gasteiger partial charge in [0, 0.05) is 7.39 Å². The van der Waals surface area contributed by atoms with Gasteiger partial charge in [-0.25, -0.2) is 0 Å². The molecule has 1 heterocycles. The third kappa shape index (κ3) is 0.736. The van der Waals surface area contributed by atoms with Crippen LogP contribution >= 0.6 is 0 Å². The molecule has 1 saturated heterocycles. The van der Waals surface area contributed by atoms with Crippen molar-refractivity contribution in [3.8, 4) is 0 Å². The van der Waals surface area contributed by atoms with Crippen molar-refractivity contribution in [3.63, 3.8) is 0 Å². The molecule has 0 amide bonds. The van der Waals surface area contributed by atoms with Crippen LogP contribution < -0.4 is 0 Å². The summed E-state index contributed by atoms with van der Waals surface area (Å²) in [4.78, 5) is 12.2. The van der Waals surface area contributed by atoms with Gasteiger partial charge < -0.3 is 5.11 Å². The first-order chi connectivity index (χ1) is 5.08. The highest BCUT2D eigenvalue weighted by molar-refractivity contribution is 5.78. The summed E-state index contributed by atoms with van der Waals surface area (Å²) >= 11 is 0. The van der Waals surface area contributed by atoms with Crippen molar-refractivity contribution in [1.29, 1.82) is 0 Å². The summed E-state index contributed by atoms with van der Waals surface area (Å²) in [6.45, 7) is 0. The van der Waals surface area contributed by atoms with Gasteiger partial charge in [0.1, 0.15) is 6.04 Å².